The van der Waals surface area contributed by atoms with Crippen LogP contribution in [0.25, 0.3) is 0 Å². The Balaban J connectivity index is 2.00. The van der Waals surface area contributed by atoms with Gasteiger partial charge < -0.3 is 15.2 Å². The first-order chi connectivity index (χ1) is 7.74. The van der Waals surface area contributed by atoms with Crippen LogP contribution in [0.5, 0.6) is 5.75 Å². The maximum Gasteiger partial charge on any atom is 0.222 e. The molecule has 4 nitrogen and oxygen atoms in total. The number of carbonyl (C=O) groups excluding carboxylic acids is 1. The van der Waals surface area contributed by atoms with Crippen LogP contribution in [0.3, 0.4) is 0 Å². The van der Waals surface area contributed by atoms with E-state index in [1.165, 1.54) is 0 Å². The maximum atomic E-state index is 11.3. The fourth-order valence-electron chi connectivity index (χ4n) is 1.81. The van der Waals surface area contributed by atoms with E-state index in [1.54, 1.807) is 18.2 Å². The topological polar surface area (TPSA) is 58.6 Å². The summed E-state index contributed by atoms with van der Waals surface area (Å²) in [4.78, 5) is 11.3. The zero-order chi connectivity index (χ0) is 11.4. The molecule has 2 rings (SSSR count). The fourth-order valence-corrected chi connectivity index (χ4v) is 1.81. The van der Waals surface area contributed by atoms with Gasteiger partial charge in [-0.15, -0.1) is 0 Å². The van der Waals surface area contributed by atoms with E-state index in [2.05, 4.69) is 5.32 Å². The Labute approximate surface area is 94.2 Å². The Morgan fingerprint density at radius 2 is 2.38 bits per heavy atom. The van der Waals surface area contributed by atoms with E-state index >= 15 is 0 Å². The number of hydrogen-bond donors (Lipinski definition) is 2. The molecule has 4 heteroatoms. The summed E-state index contributed by atoms with van der Waals surface area (Å²) in [6.07, 6.45) is 1.11. The van der Waals surface area contributed by atoms with E-state index in [-0.39, 0.29) is 17.7 Å². The van der Waals surface area contributed by atoms with E-state index in [9.17, 15) is 9.90 Å². The molecule has 1 aromatic rings. The highest BCUT2D eigenvalue weighted by atomic mass is 16.5. The molecule has 0 saturated carbocycles. The summed E-state index contributed by atoms with van der Waals surface area (Å²) in [6.45, 7) is 1.02. The summed E-state index contributed by atoms with van der Waals surface area (Å²) in [7, 11) is 0. The summed E-state index contributed by atoms with van der Waals surface area (Å²) in [5, 5.41) is 12.2. The smallest absolute Gasteiger partial charge is 0.222 e. The molecule has 0 bridgehead atoms. The lowest BCUT2D eigenvalue weighted by Crippen LogP contribution is -2.37. The van der Waals surface area contributed by atoms with Crippen LogP contribution < -0.4 is 5.32 Å². The number of amides is 1. The molecule has 1 heterocycles. The van der Waals surface area contributed by atoms with Gasteiger partial charge in [0.15, 0.2) is 0 Å². The highest BCUT2D eigenvalue weighted by molar-refractivity contribution is 5.76. The minimum atomic E-state index is -0.00296. The van der Waals surface area contributed by atoms with Gasteiger partial charge in [0, 0.05) is 6.42 Å². The van der Waals surface area contributed by atoms with Crippen molar-refractivity contribution in [3.63, 3.8) is 0 Å². The summed E-state index contributed by atoms with van der Waals surface area (Å²) in [6, 6.07) is 7.06. The van der Waals surface area contributed by atoms with Crippen molar-refractivity contribution in [3.05, 3.63) is 29.8 Å². The number of benzene rings is 1. The second-order valence-corrected chi connectivity index (χ2v) is 3.96. The predicted molar refractivity (Wildman–Crippen MR) is 59.2 cm³/mol. The van der Waals surface area contributed by atoms with Crippen molar-refractivity contribution in [3.8, 4) is 5.75 Å². The molecule has 1 atom stereocenters. The normalized spacial score (nSPS) is 21.2. The van der Waals surface area contributed by atoms with E-state index < -0.39 is 0 Å². The van der Waals surface area contributed by atoms with Gasteiger partial charge in [0.1, 0.15) is 5.75 Å². The van der Waals surface area contributed by atoms with Crippen molar-refractivity contribution in [2.24, 2.45) is 0 Å². The summed E-state index contributed by atoms with van der Waals surface area (Å²) >= 11 is 0. The Kier molecular flexibility index (Phi) is 3.41. The third-order valence-electron chi connectivity index (χ3n) is 2.55. The molecule has 1 aliphatic rings. The highest BCUT2D eigenvalue weighted by Crippen LogP contribution is 2.13. The monoisotopic (exact) mass is 221 g/mol. The molecule has 1 saturated heterocycles. The van der Waals surface area contributed by atoms with Gasteiger partial charge in [-0.2, -0.15) is 0 Å². The number of aromatic hydroxyl groups is 1. The number of hydrogen-bond acceptors (Lipinski definition) is 3. The average molecular weight is 221 g/mol. The molecular formula is C12H15NO3. The molecule has 86 valence electrons. The number of phenols is 1. The molecule has 1 fully saturated rings. The lowest BCUT2D eigenvalue weighted by molar-refractivity contribution is -0.121. The molecule has 1 amide bonds. The van der Waals surface area contributed by atoms with Crippen LogP contribution in [0.2, 0.25) is 0 Å². The number of ether oxygens (including phenoxy) is 1. The number of carbonyl (C=O) groups is 1. The number of nitrogens with one attached hydrogen (secondary N) is 1. The Morgan fingerprint density at radius 3 is 3.19 bits per heavy atom. The van der Waals surface area contributed by atoms with Gasteiger partial charge >= 0.3 is 0 Å². The van der Waals surface area contributed by atoms with Crippen LogP contribution in [-0.4, -0.2) is 30.3 Å². The number of phenolic OH excluding ortho intramolecular Hbond substituents is 1. The molecule has 0 spiro atoms. The molecule has 16 heavy (non-hydrogen) atoms. The van der Waals surface area contributed by atoms with Crippen LogP contribution in [-0.2, 0) is 16.0 Å². The second kappa shape index (κ2) is 4.99. The molecule has 0 radical (unpaired) electrons. The van der Waals surface area contributed by atoms with Crippen molar-refractivity contribution in [2.75, 3.05) is 13.2 Å². The number of rotatable bonds is 2. The minimum absolute atomic E-state index is 0.00296. The van der Waals surface area contributed by atoms with Gasteiger partial charge in [-0.05, 0) is 24.1 Å². The van der Waals surface area contributed by atoms with Crippen molar-refractivity contribution in [1.82, 2.24) is 5.32 Å². The van der Waals surface area contributed by atoms with Crippen LogP contribution in [0.4, 0.5) is 0 Å². The van der Waals surface area contributed by atoms with Gasteiger partial charge in [-0.1, -0.05) is 12.1 Å². The third-order valence-corrected chi connectivity index (χ3v) is 2.55. The first-order valence-corrected chi connectivity index (χ1v) is 5.39. The van der Waals surface area contributed by atoms with E-state index in [4.69, 9.17) is 4.74 Å². The minimum Gasteiger partial charge on any atom is -0.508 e. The maximum absolute atomic E-state index is 11.3. The first-order valence-electron chi connectivity index (χ1n) is 5.39. The zero-order valence-electron chi connectivity index (χ0n) is 8.98. The van der Waals surface area contributed by atoms with Crippen LogP contribution in [0.15, 0.2) is 24.3 Å². The van der Waals surface area contributed by atoms with Gasteiger partial charge in [-0.25, -0.2) is 0 Å². The Bertz CT molecular complexity index is 378. The standard InChI is InChI=1S/C12H15NO3/c14-11-3-1-2-9(7-11)6-10-8-16-5-4-12(15)13-10/h1-3,7,10,14H,4-6,8H2,(H,13,15). The van der Waals surface area contributed by atoms with E-state index in [1.807, 2.05) is 6.07 Å². The van der Waals surface area contributed by atoms with Gasteiger partial charge in [0.2, 0.25) is 5.91 Å². The summed E-state index contributed by atoms with van der Waals surface area (Å²) < 4.78 is 5.33. The molecule has 1 aliphatic heterocycles. The fraction of sp³-hybridized carbons (Fsp3) is 0.417. The Morgan fingerprint density at radius 1 is 1.50 bits per heavy atom. The molecule has 0 aromatic heterocycles. The summed E-state index contributed by atoms with van der Waals surface area (Å²) in [5.74, 6) is 0.279. The zero-order valence-corrected chi connectivity index (χ0v) is 8.98. The summed E-state index contributed by atoms with van der Waals surface area (Å²) in [5.41, 5.74) is 0.996. The molecule has 1 aromatic carbocycles. The lowest BCUT2D eigenvalue weighted by Gasteiger charge is -2.15. The van der Waals surface area contributed by atoms with Gasteiger partial charge in [-0.3, -0.25) is 4.79 Å². The van der Waals surface area contributed by atoms with Crippen molar-refractivity contribution >= 4 is 5.91 Å². The third kappa shape index (κ3) is 2.97. The predicted octanol–water partition coefficient (Wildman–Crippen LogP) is 0.840. The van der Waals surface area contributed by atoms with E-state index in [0.29, 0.717) is 26.1 Å². The second-order valence-electron chi connectivity index (χ2n) is 3.96. The van der Waals surface area contributed by atoms with Crippen molar-refractivity contribution in [1.29, 1.82) is 0 Å². The average Bonchev–Trinajstić information content (AvgIpc) is 2.43. The van der Waals surface area contributed by atoms with Crippen molar-refractivity contribution in [2.45, 2.75) is 18.9 Å². The molecule has 2 N–H and O–H groups in total. The molecule has 0 aliphatic carbocycles. The van der Waals surface area contributed by atoms with Crippen molar-refractivity contribution < 1.29 is 14.6 Å². The first kappa shape index (κ1) is 11.0. The van der Waals surface area contributed by atoms with Gasteiger partial charge in [0.25, 0.3) is 0 Å². The molecular weight excluding hydrogens is 206 g/mol. The largest absolute Gasteiger partial charge is 0.508 e. The van der Waals surface area contributed by atoms with Gasteiger partial charge in [0.05, 0.1) is 19.3 Å². The SMILES string of the molecule is O=C1CCOCC(Cc2cccc(O)c2)N1. The van der Waals surface area contributed by atoms with Crippen LogP contribution in [0.1, 0.15) is 12.0 Å². The highest BCUT2D eigenvalue weighted by Gasteiger charge is 2.17. The van der Waals surface area contributed by atoms with E-state index in [0.717, 1.165) is 5.56 Å². The lowest BCUT2D eigenvalue weighted by atomic mass is 10.1. The molecule has 1 unspecified atom stereocenters. The Hall–Kier alpha value is -1.55. The quantitative estimate of drug-likeness (QED) is 0.778. The van der Waals surface area contributed by atoms with Crippen LogP contribution >= 0.6 is 0 Å². The van der Waals surface area contributed by atoms with Crippen LogP contribution in [0, 0.1) is 0 Å².